The Morgan fingerprint density at radius 3 is 1.86 bits per heavy atom. The van der Waals surface area contributed by atoms with E-state index in [1.165, 1.54) is 0 Å². The van der Waals surface area contributed by atoms with Gasteiger partial charge in [-0.25, -0.2) is 0 Å². The first-order chi connectivity index (χ1) is 10.7. The van der Waals surface area contributed by atoms with Crippen LogP contribution in [0.4, 0.5) is 0 Å². The molecule has 0 radical (unpaired) electrons. The van der Waals surface area contributed by atoms with E-state index in [0.29, 0.717) is 6.42 Å². The third-order valence-electron chi connectivity index (χ3n) is 4.49. The first kappa shape index (κ1) is 15.2. The van der Waals surface area contributed by atoms with Crippen LogP contribution in [-0.4, -0.2) is 11.4 Å². The maximum atomic E-state index is 14.1. The van der Waals surface area contributed by atoms with Crippen LogP contribution in [0, 0.1) is 0 Å². The average molecular weight is 312 g/mol. The molecule has 0 heterocycles. The zero-order valence-electron chi connectivity index (χ0n) is 12.7. The van der Waals surface area contributed by atoms with Gasteiger partial charge in [0.15, 0.2) is 7.14 Å². The van der Waals surface area contributed by atoms with E-state index in [-0.39, 0.29) is 11.4 Å². The second-order valence-corrected chi connectivity index (χ2v) is 8.88. The van der Waals surface area contributed by atoms with E-state index in [2.05, 4.69) is 0 Å². The fourth-order valence-corrected chi connectivity index (χ4v) is 6.66. The summed E-state index contributed by atoms with van der Waals surface area (Å²) >= 11 is 0. The number of Topliss-reactive ketones (excluding diaryl/α,β-unsaturated/α-hetero) is 1. The van der Waals surface area contributed by atoms with Crippen molar-refractivity contribution in [3.63, 3.8) is 0 Å². The van der Waals surface area contributed by atoms with Gasteiger partial charge < -0.3 is 4.57 Å². The zero-order chi connectivity index (χ0) is 15.4. The van der Waals surface area contributed by atoms with Crippen molar-refractivity contribution in [2.75, 3.05) is 0 Å². The Morgan fingerprint density at radius 2 is 1.32 bits per heavy atom. The Labute approximate surface area is 131 Å². The molecule has 0 saturated heterocycles. The maximum Gasteiger partial charge on any atom is 0.153 e. The predicted molar refractivity (Wildman–Crippen MR) is 91.6 cm³/mol. The molecule has 0 spiro atoms. The van der Waals surface area contributed by atoms with E-state index in [4.69, 9.17) is 0 Å². The summed E-state index contributed by atoms with van der Waals surface area (Å²) in [5, 5.41) is 1.61. The molecule has 3 rings (SSSR count). The summed E-state index contributed by atoms with van der Waals surface area (Å²) in [6, 6.07) is 19.1. The third kappa shape index (κ3) is 2.80. The minimum absolute atomic E-state index is 0.175. The monoisotopic (exact) mass is 312 g/mol. The molecule has 2 aromatic carbocycles. The van der Waals surface area contributed by atoms with Crippen LogP contribution in [0.1, 0.15) is 32.1 Å². The molecule has 1 aliphatic rings. The minimum Gasteiger partial charge on any atom is -0.313 e. The molecule has 0 amide bonds. The molecule has 3 heteroatoms. The van der Waals surface area contributed by atoms with Crippen molar-refractivity contribution in [3.8, 4) is 0 Å². The van der Waals surface area contributed by atoms with Gasteiger partial charge in [0.05, 0.1) is 5.66 Å². The lowest BCUT2D eigenvalue weighted by Gasteiger charge is -2.27. The molecular weight excluding hydrogens is 291 g/mol. The summed E-state index contributed by atoms with van der Waals surface area (Å²) in [7, 11) is -2.93. The average Bonchev–Trinajstić information content (AvgIpc) is 2.80. The number of benzene rings is 2. The van der Waals surface area contributed by atoms with Crippen LogP contribution in [0.3, 0.4) is 0 Å². The van der Waals surface area contributed by atoms with Crippen molar-refractivity contribution < 1.29 is 9.36 Å². The Hall–Kier alpha value is -1.66. The highest BCUT2D eigenvalue weighted by molar-refractivity contribution is 7.80. The lowest BCUT2D eigenvalue weighted by atomic mass is 10.2. The molecule has 1 unspecified atom stereocenters. The van der Waals surface area contributed by atoms with Gasteiger partial charge in [-0.1, -0.05) is 73.5 Å². The minimum atomic E-state index is -2.93. The van der Waals surface area contributed by atoms with Gasteiger partial charge >= 0.3 is 0 Å². The highest BCUT2D eigenvalue weighted by atomic mass is 31.2. The molecule has 22 heavy (non-hydrogen) atoms. The second kappa shape index (κ2) is 6.62. The molecular formula is C19H21O2P. The molecule has 0 aliphatic heterocycles. The van der Waals surface area contributed by atoms with Gasteiger partial charge in [-0.2, -0.15) is 0 Å². The maximum absolute atomic E-state index is 14.1. The van der Waals surface area contributed by atoms with Crippen molar-refractivity contribution in [1.29, 1.82) is 0 Å². The van der Waals surface area contributed by atoms with E-state index < -0.39 is 7.14 Å². The zero-order valence-corrected chi connectivity index (χ0v) is 13.5. The summed E-state index contributed by atoms with van der Waals surface area (Å²) in [4.78, 5) is 12.6. The first-order valence-corrected chi connectivity index (χ1v) is 9.74. The Kier molecular flexibility index (Phi) is 4.59. The molecule has 2 aromatic rings. The molecule has 0 bridgehead atoms. The number of carbonyl (C=O) groups excluding carboxylic acids is 1. The van der Waals surface area contributed by atoms with Gasteiger partial charge in [-0.3, -0.25) is 4.79 Å². The van der Waals surface area contributed by atoms with Crippen LogP contribution < -0.4 is 10.6 Å². The highest BCUT2D eigenvalue weighted by Gasteiger charge is 2.40. The number of hydrogen-bond acceptors (Lipinski definition) is 2. The van der Waals surface area contributed by atoms with Gasteiger partial charge in [-0.15, -0.1) is 0 Å². The second-order valence-electron chi connectivity index (χ2n) is 5.91. The highest BCUT2D eigenvalue weighted by Crippen LogP contribution is 2.51. The summed E-state index contributed by atoms with van der Waals surface area (Å²) in [6.45, 7) is 0. The lowest BCUT2D eigenvalue weighted by Crippen LogP contribution is -2.31. The van der Waals surface area contributed by atoms with Gasteiger partial charge in [0.1, 0.15) is 5.78 Å². The molecule has 1 atom stereocenters. The largest absolute Gasteiger partial charge is 0.313 e. The Bertz CT molecular complexity index is 636. The summed E-state index contributed by atoms with van der Waals surface area (Å²) in [5.74, 6) is 0.175. The van der Waals surface area contributed by atoms with Gasteiger partial charge in [0, 0.05) is 17.0 Å². The van der Waals surface area contributed by atoms with Crippen LogP contribution >= 0.6 is 7.14 Å². The SMILES string of the molecule is O=C1CCCCCC1P(=O)(c1ccccc1)c1ccccc1. The number of carbonyl (C=O) groups is 1. The van der Waals surface area contributed by atoms with Crippen LogP contribution in [0.25, 0.3) is 0 Å². The van der Waals surface area contributed by atoms with Gasteiger partial charge in [0.2, 0.25) is 0 Å². The fourth-order valence-electron chi connectivity index (χ4n) is 3.33. The first-order valence-electron chi connectivity index (χ1n) is 7.96. The predicted octanol–water partition coefficient (Wildman–Crippen LogP) is 3.90. The van der Waals surface area contributed by atoms with Crippen LogP contribution in [0.15, 0.2) is 60.7 Å². The van der Waals surface area contributed by atoms with Crippen molar-refractivity contribution in [2.45, 2.75) is 37.8 Å². The molecule has 2 nitrogen and oxygen atoms in total. The molecule has 0 N–H and O–H groups in total. The van der Waals surface area contributed by atoms with Crippen molar-refractivity contribution in [3.05, 3.63) is 60.7 Å². The third-order valence-corrected chi connectivity index (χ3v) is 8.05. The number of ketones is 1. The molecule has 1 fully saturated rings. The van der Waals surface area contributed by atoms with E-state index >= 15 is 0 Å². The van der Waals surface area contributed by atoms with Crippen LogP contribution in [0.2, 0.25) is 0 Å². The van der Waals surface area contributed by atoms with E-state index in [1.807, 2.05) is 60.7 Å². The van der Waals surface area contributed by atoms with E-state index in [0.717, 1.165) is 36.3 Å². The summed E-state index contributed by atoms with van der Waals surface area (Å²) < 4.78 is 14.1. The van der Waals surface area contributed by atoms with Crippen LogP contribution in [0.5, 0.6) is 0 Å². The van der Waals surface area contributed by atoms with Crippen molar-refractivity contribution >= 4 is 23.5 Å². The summed E-state index contributed by atoms with van der Waals surface area (Å²) in [6.07, 6.45) is 4.28. The van der Waals surface area contributed by atoms with Crippen molar-refractivity contribution in [2.24, 2.45) is 0 Å². The molecule has 0 aromatic heterocycles. The standard InChI is InChI=1S/C19H21O2P/c20-18-14-8-3-9-15-19(18)22(21,16-10-4-1-5-11-16)17-12-6-2-7-13-17/h1-2,4-7,10-13,19H,3,8-9,14-15H2. The lowest BCUT2D eigenvalue weighted by molar-refractivity contribution is -0.118. The topological polar surface area (TPSA) is 34.1 Å². The molecule has 1 aliphatic carbocycles. The van der Waals surface area contributed by atoms with E-state index in [9.17, 15) is 9.36 Å². The fraction of sp³-hybridized carbons (Fsp3) is 0.316. The van der Waals surface area contributed by atoms with Crippen LogP contribution in [-0.2, 0) is 9.36 Å². The van der Waals surface area contributed by atoms with Gasteiger partial charge in [-0.05, 0) is 12.8 Å². The smallest absolute Gasteiger partial charge is 0.153 e. The molecule has 1 saturated carbocycles. The number of hydrogen-bond donors (Lipinski definition) is 0. The Balaban J connectivity index is 2.15. The normalized spacial score (nSPS) is 19.6. The van der Waals surface area contributed by atoms with Gasteiger partial charge in [0.25, 0.3) is 0 Å². The Morgan fingerprint density at radius 1 is 0.773 bits per heavy atom. The van der Waals surface area contributed by atoms with Crippen molar-refractivity contribution in [1.82, 2.24) is 0 Å². The van der Waals surface area contributed by atoms with E-state index in [1.54, 1.807) is 0 Å². The number of rotatable bonds is 3. The quantitative estimate of drug-likeness (QED) is 0.636. The molecule has 114 valence electrons. The summed E-state index contributed by atoms with van der Waals surface area (Å²) in [5.41, 5.74) is -0.361.